The Morgan fingerprint density at radius 1 is 0.800 bits per heavy atom. The first-order chi connectivity index (χ1) is 7.06. The molecule has 5 heteroatoms. The van der Waals surface area contributed by atoms with Crippen molar-refractivity contribution in [3.63, 3.8) is 0 Å². The molecule has 0 heterocycles. The first-order valence-corrected chi connectivity index (χ1v) is 7.32. The van der Waals surface area contributed by atoms with Crippen molar-refractivity contribution in [3.05, 3.63) is 0 Å². The molecule has 0 saturated carbocycles. The lowest BCUT2D eigenvalue weighted by Gasteiger charge is -2.00. The van der Waals surface area contributed by atoms with Crippen LogP contribution in [0.4, 0.5) is 0 Å². The van der Waals surface area contributed by atoms with Gasteiger partial charge in [-0.15, -0.1) is 0 Å². The highest BCUT2D eigenvalue weighted by Crippen LogP contribution is 2.08. The van der Waals surface area contributed by atoms with Gasteiger partial charge in [-0.2, -0.15) is 8.42 Å². The zero-order valence-electron chi connectivity index (χ0n) is 9.32. The summed E-state index contributed by atoms with van der Waals surface area (Å²) in [7, 11) is -3.74. The average molecular weight is 237 g/mol. The van der Waals surface area contributed by atoms with Crippen molar-refractivity contribution >= 4 is 10.1 Å². The fraction of sp³-hybridized carbons (Fsp3) is 1.00. The molecule has 0 fully saturated rings. The molecule has 3 N–H and O–H groups in total. The van der Waals surface area contributed by atoms with E-state index in [0.717, 1.165) is 32.2 Å². The van der Waals surface area contributed by atoms with Crippen LogP contribution in [-0.4, -0.2) is 25.3 Å². The molecule has 0 bridgehead atoms. The minimum atomic E-state index is -3.74. The summed E-state index contributed by atoms with van der Waals surface area (Å²) in [5.41, 5.74) is 5.37. The van der Waals surface area contributed by atoms with E-state index in [2.05, 4.69) is 0 Å². The van der Waals surface area contributed by atoms with Crippen LogP contribution in [0.2, 0.25) is 0 Å². The van der Waals surface area contributed by atoms with Crippen molar-refractivity contribution in [2.75, 3.05) is 12.3 Å². The van der Waals surface area contributed by atoms with E-state index in [-0.39, 0.29) is 5.75 Å². The highest BCUT2D eigenvalue weighted by molar-refractivity contribution is 7.85. The minimum absolute atomic E-state index is 0.0971. The van der Waals surface area contributed by atoms with Crippen LogP contribution in [0.1, 0.15) is 51.4 Å². The van der Waals surface area contributed by atoms with Crippen molar-refractivity contribution in [1.82, 2.24) is 0 Å². The van der Waals surface area contributed by atoms with Gasteiger partial charge in [0.25, 0.3) is 10.1 Å². The van der Waals surface area contributed by atoms with Gasteiger partial charge in [0, 0.05) is 0 Å². The third-order valence-corrected chi connectivity index (χ3v) is 3.16. The van der Waals surface area contributed by atoms with Gasteiger partial charge in [-0.3, -0.25) is 4.55 Å². The Balaban J connectivity index is 3.06. The lowest BCUT2D eigenvalue weighted by Crippen LogP contribution is -2.03. The summed E-state index contributed by atoms with van der Waals surface area (Å²) >= 11 is 0. The summed E-state index contributed by atoms with van der Waals surface area (Å²) in [6, 6.07) is 0. The van der Waals surface area contributed by atoms with Gasteiger partial charge in [0.05, 0.1) is 5.75 Å². The van der Waals surface area contributed by atoms with E-state index in [1.54, 1.807) is 0 Å². The van der Waals surface area contributed by atoms with Crippen molar-refractivity contribution in [1.29, 1.82) is 0 Å². The molecule has 0 aliphatic rings. The van der Waals surface area contributed by atoms with E-state index in [9.17, 15) is 8.42 Å². The Bertz CT molecular complexity index is 227. The zero-order chi connectivity index (χ0) is 11.6. The third-order valence-electron chi connectivity index (χ3n) is 2.36. The van der Waals surface area contributed by atoms with Gasteiger partial charge in [0.15, 0.2) is 0 Å². The Hall–Kier alpha value is -0.130. The Kier molecular flexibility index (Phi) is 9.04. The monoisotopic (exact) mass is 237 g/mol. The molecule has 0 amide bonds. The summed E-state index contributed by atoms with van der Waals surface area (Å²) in [6.45, 7) is 0.772. The average Bonchev–Trinajstić information content (AvgIpc) is 2.14. The molecular formula is C10H23NO3S. The van der Waals surface area contributed by atoms with Crippen molar-refractivity contribution in [2.24, 2.45) is 5.73 Å². The Labute approximate surface area is 93.0 Å². The Morgan fingerprint density at radius 3 is 1.60 bits per heavy atom. The van der Waals surface area contributed by atoms with Crippen LogP contribution in [0, 0.1) is 0 Å². The van der Waals surface area contributed by atoms with Crippen LogP contribution < -0.4 is 5.73 Å². The first kappa shape index (κ1) is 14.9. The lowest BCUT2D eigenvalue weighted by atomic mass is 10.1. The lowest BCUT2D eigenvalue weighted by molar-refractivity contribution is 0.478. The van der Waals surface area contributed by atoms with Crippen LogP contribution in [0.5, 0.6) is 0 Å². The fourth-order valence-corrected chi connectivity index (χ4v) is 2.06. The maximum atomic E-state index is 10.4. The van der Waals surface area contributed by atoms with Crippen LogP contribution in [0.3, 0.4) is 0 Å². The zero-order valence-corrected chi connectivity index (χ0v) is 10.1. The van der Waals surface area contributed by atoms with Crippen molar-refractivity contribution < 1.29 is 13.0 Å². The minimum Gasteiger partial charge on any atom is -0.330 e. The van der Waals surface area contributed by atoms with Gasteiger partial charge < -0.3 is 5.73 Å². The molecule has 0 aromatic rings. The maximum Gasteiger partial charge on any atom is 0.264 e. The van der Waals surface area contributed by atoms with Gasteiger partial charge in [0.2, 0.25) is 0 Å². The first-order valence-electron chi connectivity index (χ1n) is 5.71. The molecule has 0 unspecified atom stereocenters. The van der Waals surface area contributed by atoms with E-state index in [0.29, 0.717) is 6.42 Å². The standard InChI is InChI=1S/C10H23NO3S/c11-9-7-5-3-1-2-4-6-8-10-15(12,13)14/h1-11H2,(H,12,13,14). The molecule has 0 spiro atoms. The van der Waals surface area contributed by atoms with Gasteiger partial charge in [0.1, 0.15) is 0 Å². The predicted octanol–water partition coefficient (Wildman–Crippen LogP) is 1.95. The van der Waals surface area contributed by atoms with E-state index in [4.69, 9.17) is 10.3 Å². The smallest absolute Gasteiger partial charge is 0.264 e. The quantitative estimate of drug-likeness (QED) is 0.449. The number of hydrogen-bond donors (Lipinski definition) is 2. The molecule has 0 aliphatic carbocycles. The highest BCUT2D eigenvalue weighted by atomic mass is 32.2. The molecule has 92 valence electrons. The maximum absolute atomic E-state index is 10.4. The topological polar surface area (TPSA) is 80.4 Å². The van der Waals surface area contributed by atoms with Crippen LogP contribution >= 0.6 is 0 Å². The van der Waals surface area contributed by atoms with Crippen LogP contribution in [-0.2, 0) is 10.1 Å². The largest absolute Gasteiger partial charge is 0.330 e. The summed E-state index contributed by atoms with van der Waals surface area (Å²) in [6.07, 6.45) is 8.37. The van der Waals surface area contributed by atoms with E-state index in [1.165, 1.54) is 19.3 Å². The molecule has 4 nitrogen and oxygen atoms in total. The highest BCUT2D eigenvalue weighted by Gasteiger charge is 2.02. The Morgan fingerprint density at radius 2 is 1.20 bits per heavy atom. The molecule has 0 atom stereocenters. The summed E-state index contributed by atoms with van der Waals surface area (Å²) in [5, 5.41) is 0. The van der Waals surface area contributed by atoms with E-state index < -0.39 is 10.1 Å². The second-order valence-electron chi connectivity index (χ2n) is 3.90. The molecular weight excluding hydrogens is 214 g/mol. The molecule has 0 radical (unpaired) electrons. The number of unbranched alkanes of at least 4 members (excludes halogenated alkanes) is 7. The van der Waals surface area contributed by atoms with Crippen LogP contribution in [0.25, 0.3) is 0 Å². The summed E-state index contributed by atoms with van der Waals surface area (Å²) in [5.74, 6) is -0.0971. The number of nitrogens with two attached hydrogens (primary N) is 1. The predicted molar refractivity (Wildman–Crippen MR) is 62.4 cm³/mol. The summed E-state index contributed by atoms with van der Waals surface area (Å²) < 4.78 is 29.2. The van der Waals surface area contributed by atoms with Gasteiger partial charge in [-0.25, -0.2) is 0 Å². The molecule has 0 rings (SSSR count). The van der Waals surface area contributed by atoms with Gasteiger partial charge in [-0.05, 0) is 19.4 Å². The van der Waals surface area contributed by atoms with Crippen molar-refractivity contribution in [2.45, 2.75) is 51.4 Å². The van der Waals surface area contributed by atoms with Crippen LogP contribution in [0.15, 0.2) is 0 Å². The molecule has 15 heavy (non-hydrogen) atoms. The second-order valence-corrected chi connectivity index (χ2v) is 5.48. The van der Waals surface area contributed by atoms with Gasteiger partial charge in [-0.1, -0.05) is 38.5 Å². The van der Waals surface area contributed by atoms with Crippen molar-refractivity contribution in [3.8, 4) is 0 Å². The molecule has 0 saturated heterocycles. The van der Waals surface area contributed by atoms with E-state index in [1.807, 2.05) is 0 Å². The molecule has 0 aromatic heterocycles. The molecule has 0 aliphatic heterocycles. The number of rotatable bonds is 10. The second kappa shape index (κ2) is 9.12. The summed E-state index contributed by atoms with van der Waals surface area (Å²) in [4.78, 5) is 0. The molecule has 0 aromatic carbocycles. The van der Waals surface area contributed by atoms with E-state index >= 15 is 0 Å². The van der Waals surface area contributed by atoms with Gasteiger partial charge >= 0.3 is 0 Å². The third kappa shape index (κ3) is 13.9. The SMILES string of the molecule is NCCCCCCCCCCS(=O)(=O)O. The fourth-order valence-electron chi connectivity index (χ4n) is 1.49. The normalized spacial score (nSPS) is 11.9. The number of hydrogen-bond acceptors (Lipinski definition) is 3.